The van der Waals surface area contributed by atoms with Crippen molar-refractivity contribution in [3.63, 3.8) is 0 Å². The van der Waals surface area contributed by atoms with Gasteiger partial charge in [-0.05, 0) is 44.2 Å². The van der Waals surface area contributed by atoms with E-state index in [1.807, 2.05) is 37.3 Å². The molecule has 3 aromatic rings. The number of nitrogens with one attached hydrogen (secondary N) is 2. The first-order chi connectivity index (χ1) is 14.9. The van der Waals surface area contributed by atoms with Gasteiger partial charge in [-0.1, -0.05) is 29.8 Å². The van der Waals surface area contributed by atoms with Gasteiger partial charge in [-0.15, -0.1) is 6.58 Å². The van der Waals surface area contributed by atoms with Gasteiger partial charge in [0, 0.05) is 17.7 Å². The lowest BCUT2D eigenvalue weighted by Gasteiger charge is -2.08. The number of carbonyl (C=O) groups is 2. The Balaban J connectivity index is 1.61. The highest BCUT2D eigenvalue weighted by Crippen LogP contribution is 2.24. The topological polar surface area (TPSA) is 93.5 Å². The number of nitrogens with zero attached hydrogens (tertiary/aromatic N) is 1. The Bertz CT molecular complexity index is 1070. The maximum absolute atomic E-state index is 12.2. The Morgan fingerprint density at radius 3 is 2.65 bits per heavy atom. The number of benzene rings is 2. The maximum Gasteiger partial charge on any atom is 0.262 e. The van der Waals surface area contributed by atoms with Gasteiger partial charge in [0.2, 0.25) is 11.8 Å². The second-order valence-corrected chi connectivity index (χ2v) is 7.02. The third-order valence-electron chi connectivity index (χ3n) is 4.46. The van der Waals surface area contributed by atoms with Crippen molar-refractivity contribution in [2.45, 2.75) is 26.8 Å². The van der Waals surface area contributed by atoms with Crippen molar-refractivity contribution in [2.24, 2.45) is 0 Å². The zero-order valence-electron chi connectivity index (χ0n) is 17.6. The molecule has 0 radical (unpaired) electrons. The molecule has 0 aliphatic carbocycles. The number of anilines is 1. The molecule has 31 heavy (non-hydrogen) atoms. The van der Waals surface area contributed by atoms with Crippen molar-refractivity contribution < 1.29 is 18.7 Å². The van der Waals surface area contributed by atoms with E-state index in [0.29, 0.717) is 34.3 Å². The van der Waals surface area contributed by atoms with Gasteiger partial charge in [-0.25, -0.2) is 4.98 Å². The molecule has 2 amide bonds. The molecule has 0 aliphatic heterocycles. The number of oxazole rings is 1. The summed E-state index contributed by atoms with van der Waals surface area (Å²) < 4.78 is 11.3. The number of aromatic nitrogens is 1. The van der Waals surface area contributed by atoms with E-state index in [1.54, 1.807) is 31.2 Å². The smallest absolute Gasteiger partial charge is 0.262 e. The summed E-state index contributed by atoms with van der Waals surface area (Å²) in [6.07, 6.45) is 1.79. The lowest BCUT2D eigenvalue weighted by atomic mass is 10.2. The third-order valence-corrected chi connectivity index (χ3v) is 4.46. The minimum Gasteiger partial charge on any atom is -0.484 e. The molecule has 160 valence electrons. The molecular formula is C24H25N3O4. The van der Waals surface area contributed by atoms with E-state index in [2.05, 4.69) is 22.2 Å². The molecule has 0 aliphatic rings. The molecular weight excluding hydrogens is 394 g/mol. The van der Waals surface area contributed by atoms with Crippen LogP contribution in [-0.4, -0.2) is 23.4 Å². The highest BCUT2D eigenvalue weighted by atomic mass is 16.5. The molecule has 0 spiro atoms. The Labute approximate surface area is 181 Å². The van der Waals surface area contributed by atoms with Crippen LogP contribution in [0.5, 0.6) is 5.75 Å². The molecule has 0 bridgehead atoms. The largest absolute Gasteiger partial charge is 0.484 e. The number of hydrogen-bond donors (Lipinski definition) is 2. The molecule has 7 nitrogen and oxygen atoms in total. The van der Waals surface area contributed by atoms with Gasteiger partial charge < -0.3 is 19.8 Å². The van der Waals surface area contributed by atoms with Crippen LogP contribution in [0.25, 0.3) is 11.5 Å². The Kier molecular flexibility index (Phi) is 7.22. The minimum absolute atomic E-state index is 0.0973. The number of carbonyl (C=O) groups excluding carboxylic acids is 2. The summed E-state index contributed by atoms with van der Waals surface area (Å²) in [5.74, 6) is 1.27. The summed E-state index contributed by atoms with van der Waals surface area (Å²) in [4.78, 5) is 28.3. The molecule has 1 heterocycles. The van der Waals surface area contributed by atoms with Crippen LogP contribution in [0.4, 0.5) is 5.69 Å². The predicted octanol–water partition coefficient (Wildman–Crippen LogP) is 4.17. The van der Waals surface area contributed by atoms with Crippen LogP contribution in [0.15, 0.2) is 65.6 Å². The molecule has 3 rings (SSSR count). The highest BCUT2D eigenvalue weighted by Gasteiger charge is 2.13. The Morgan fingerprint density at radius 1 is 1.13 bits per heavy atom. The fraction of sp³-hybridized carbons (Fsp3) is 0.208. The fourth-order valence-corrected chi connectivity index (χ4v) is 2.81. The van der Waals surface area contributed by atoms with Crippen molar-refractivity contribution in [3.8, 4) is 17.2 Å². The molecule has 7 heteroatoms. The number of aryl methyl sites for hydroxylation is 2. The van der Waals surface area contributed by atoms with Gasteiger partial charge in [-0.2, -0.15) is 0 Å². The second-order valence-electron chi connectivity index (χ2n) is 7.02. The molecule has 1 aromatic heterocycles. The molecule has 2 aromatic carbocycles. The number of amides is 2. The number of hydrogen-bond acceptors (Lipinski definition) is 5. The number of rotatable bonds is 9. The minimum atomic E-state index is -0.271. The average molecular weight is 419 g/mol. The fourth-order valence-electron chi connectivity index (χ4n) is 2.81. The predicted molar refractivity (Wildman–Crippen MR) is 119 cm³/mol. The average Bonchev–Trinajstić information content (AvgIpc) is 3.13. The first-order valence-corrected chi connectivity index (χ1v) is 9.88. The lowest BCUT2D eigenvalue weighted by molar-refractivity contribution is -0.120. The standard InChI is InChI=1S/C24H25N3O4/c1-4-6-22(28)25-14-21-17(3)31-24(27-21)18-7-5-8-19(13-18)26-23(29)15-30-20-11-9-16(2)10-12-20/h4-5,7-13H,1,6,14-15H2,2-3H3,(H,25,28)(H,26,29). The van der Waals surface area contributed by atoms with E-state index in [4.69, 9.17) is 9.15 Å². The van der Waals surface area contributed by atoms with Crippen molar-refractivity contribution in [1.29, 1.82) is 0 Å². The summed E-state index contributed by atoms with van der Waals surface area (Å²) in [6, 6.07) is 14.7. The van der Waals surface area contributed by atoms with Gasteiger partial charge in [0.25, 0.3) is 5.91 Å². The summed E-state index contributed by atoms with van der Waals surface area (Å²) in [6.45, 7) is 7.50. The van der Waals surface area contributed by atoms with E-state index in [9.17, 15) is 9.59 Å². The van der Waals surface area contributed by atoms with E-state index in [1.165, 1.54) is 0 Å². The first-order valence-electron chi connectivity index (χ1n) is 9.88. The summed E-state index contributed by atoms with van der Waals surface area (Å²) >= 11 is 0. The van der Waals surface area contributed by atoms with Crippen LogP contribution in [0.2, 0.25) is 0 Å². The van der Waals surface area contributed by atoms with Crippen molar-refractivity contribution in [1.82, 2.24) is 10.3 Å². The van der Waals surface area contributed by atoms with Crippen LogP contribution < -0.4 is 15.4 Å². The van der Waals surface area contributed by atoms with Crippen LogP contribution in [0.3, 0.4) is 0 Å². The van der Waals surface area contributed by atoms with Gasteiger partial charge in [-0.3, -0.25) is 9.59 Å². The van der Waals surface area contributed by atoms with Crippen molar-refractivity contribution in [3.05, 3.63) is 78.2 Å². The van der Waals surface area contributed by atoms with Gasteiger partial charge >= 0.3 is 0 Å². The van der Waals surface area contributed by atoms with E-state index >= 15 is 0 Å². The molecule has 2 N–H and O–H groups in total. The van der Waals surface area contributed by atoms with Crippen molar-refractivity contribution >= 4 is 17.5 Å². The summed E-state index contributed by atoms with van der Waals surface area (Å²) in [7, 11) is 0. The van der Waals surface area contributed by atoms with E-state index < -0.39 is 0 Å². The van der Waals surface area contributed by atoms with Crippen LogP contribution in [0, 0.1) is 13.8 Å². The summed E-state index contributed by atoms with van der Waals surface area (Å²) in [5.41, 5.74) is 3.08. The highest BCUT2D eigenvalue weighted by molar-refractivity contribution is 5.92. The van der Waals surface area contributed by atoms with Gasteiger partial charge in [0.05, 0.1) is 6.54 Å². The van der Waals surface area contributed by atoms with Gasteiger partial charge in [0.1, 0.15) is 17.2 Å². The lowest BCUT2D eigenvalue weighted by Crippen LogP contribution is -2.22. The Hall–Kier alpha value is -3.87. The zero-order chi connectivity index (χ0) is 22.2. The van der Waals surface area contributed by atoms with E-state index in [-0.39, 0.29) is 31.4 Å². The normalized spacial score (nSPS) is 10.4. The molecule has 0 saturated heterocycles. The SMILES string of the molecule is C=CCC(=O)NCc1nc(-c2cccc(NC(=O)COc3ccc(C)cc3)c2)oc1C. The van der Waals surface area contributed by atoms with E-state index in [0.717, 1.165) is 5.56 Å². The van der Waals surface area contributed by atoms with Crippen LogP contribution in [0.1, 0.15) is 23.4 Å². The molecule has 0 saturated carbocycles. The Morgan fingerprint density at radius 2 is 1.90 bits per heavy atom. The third kappa shape index (κ3) is 6.30. The van der Waals surface area contributed by atoms with Crippen LogP contribution in [-0.2, 0) is 16.1 Å². The second kappa shape index (κ2) is 10.2. The summed E-state index contributed by atoms with van der Waals surface area (Å²) in [5, 5.41) is 5.58. The number of ether oxygens (including phenoxy) is 1. The first kappa shape index (κ1) is 21.8. The van der Waals surface area contributed by atoms with Gasteiger partial charge in [0.15, 0.2) is 6.61 Å². The molecule has 0 fully saturated rings. The van der Waals surface area contributed by atoms with Crippen molar-refractivity contribution in [2.75, 3.05) is 11.9 Å². The van der Waals surface area contributed by atoms with Crippen LogP contribution >= 0.6 is 0 Å². The zero-order valence-corrected chi connectivity index (χ0v) is 17.6. The quantitative estimate of drug-likeness (QED) is 0.508. The maximum atomic E-state index is 12.2. The molecule has 0 atom stereocenters. The molecule has 0 unspecified atom stereocenters. The monoisotopic (exact) mass is 419 g/mol.